The maximum Gasteiger partial charge on any atom is 0.308 e. The fraction of sp³-hybridized carbons (Fsp3) is 0.250. The SMILES string of the molecule is COc1ccc(NC(=O)COc2ccc(N3CC(C(=O)O)CC3=O)cc2)cc1. The maximum atomic E-state index is 12.0. The third-order valence-electron chi connectivity index (χ3n) is 4.37. The van der Waals surface area contributed by atoms with Gasteiger partial charge < -0.3 is 24.8 Å². The van der Waals surface area contributed by atoms with Crippen LogP contribution in [0.4, 0.5) is 11.4 Å². The van der Waals surface area contributed by atoms with Gasteiger partial charge in [-0.05, 0) is 48.5 Å². The van der Waals surface area contributed by atoms with E-state index >= 15 is 0 Å². The standard InChI is InChI=1S/C20H20N2O6/c1-27-16-6-2-14(3-7-16)21-18(23)12-28-17-8-4-15(5-9-17)22-11-13(20(25)26)10-19(22)24/h2-9,13H,10-12H2,1H3,(H,21,23)(H,25,26). The first-order chi connectivity index (χ1) is 13.5. The zero-order valence-corrected chi connectivity index (χ0v) is 15.3. The van der Waals surface area contributed by atoms with Crippen LogP contribution in [0, 0.1) is 5.92 Å². The second-order valence-electron chi connectivity index (χ2n) is 6.30. The molecule has 2 aromatic carbocycles. The predicted molar refractivity (Wildman–Crippen MR) is 102 cm³/mol. The average Bonchev–Trinajstić information content (AvgIpc) is 3.09. The molecule has 1 aliphatic heterocycles. The third kappa shape index (κ3) is 4.59. The first kappa shape index (κ1) is 19.2. The highest BCUT2D eigenvalue weighted by Crippen LogP contribution is 2.27. The second kappa shape index (κ2) is 8.43. The molecule has 8 nitrogen and oxygen atoms in total. The molecule has 8 heteroatoms. The van der Waals surface area contributed by atoms with Crippen LogP contribution in [-0.4, -0.2) is 43.2 Å². The van der Waals surface area contributed by atoms with E-state index in [4.69, 9.17) is 14.6 Å². The molecule has 3 rings (SSSR count). The van der Waals surface area contributed by atoms with Crippen molar-refractivity contribution in [2.45, 2.75) is 6.42 Å². The molecule has 1 fully saturated rings. The lowest BCUT2D eigenvalue weighted by atomic mass is 10.1. The number of ether oxygens (including phenoxy) is 2. The van der Waals surface area contributed by atoms with E-state index in [1.54, 1.807) is 55.6 Å². The van der Waals surface area contributed by atoms with Crippen LogP contribution in [0.3, 0.4) is 0 Å². The first-order valence-corrected chi connectivity index (χ1v) is 8.66. The van der Waals surface area contributed by atoms with Crippen LogP contribution in [-0.2, 0) is 14.4 Å². The molecule has 1 atom stereocenters. The topological polar surface area (TPSA) is 105 Å². The van der Waals surface area contributed by atoms with Crippen LogP contribution in [0.25, 0.3) is 0 Å². The molecule has 2 aromatic rings. The monoisotopic (exact) mass is 384 g/mol. The van der Waals surface area contributed by atoms with Crippen LogP contribution in [0.2, 0.25) is 0 Å². The minimum absolute atomic E-state index is 0.000877. The van der Waals surface area contributed by atoms with Crippen molar-refractivity contribution in [3.63, 3.8) is 0 Å². The minimum Gasteiger partial charge on any atom is -0.497 e. The maximum absolute atomic E-state index is 12.0. The Bertz CT molecular complexity index is 863. The number of amides is 2. The molecule has 2 amide bonds. The lowest BCUT2D eigenvalue weighted by molar-refractivity contribution is -0.141. The molecule has 1 unspecified atom stereocenters. The number of nitrogens with one attached hydrogen (secondary N) is 1. The van der Waals surface area contributed by atoms with Gasteiger partial charge in [0.05, 0.1) is 13.0 Å². The Labute approximate surface area is 161 Å². The van der Waals surface area contributed by atoms with Crippen molar-refractivity contribution in [2.75, 3.05) is 30.5 Å². The Balaban J connectivity index is 1.52. The van der Waals surface area contributed by atoms with Gasteiger partial charge in [0.2, 0.25) is 5.91 Å². The van der Waals surface area contributed by atoms with Gasteiger partial charge in [0.15, 0.2) is 6.61 Å². The molecule has 1 heterocycles. The number of hydrogen-bond acceptors (Lipinski definition) is 5. The molecule has 2 N–H and O–H groups in total. The Morgan fingerprint density at radius 3 is 2.32 bits per heavy atom. The number of methoxy groups -OCH3 is 1. The van der Waals surface area contributed by atoms with Gasteiger partial charge in [-0.3, -0.25) is 14.4 Å². The van der Waals surface area contributed by atoms with Crippen LogP contribution < -0.4 is 19.7 Å². The van der Waals surface area contributed by atoms with Crippen LogP contribution in [0.5, 0.6) is 11.5 Å². The van der Waals surface area contributed by atoms with E-state index in [1.165, 1.54) is 4.90 Å². The highest BCUT2D eigenvalue weighted by Gasteiger charge is 2.34. The fourth-order valence-corrected chi connectivity index (χ4v) is 2.87. The highest BCUT2D eigenvalue weighted by atomic mass is 16.5. The smallest absolute Gasteiger partial charge is 0.308 e. The summed E-state index contributed by atoms with van der Waals surface area (Å²) in [5.41, 5.74) is 1.23. The highest BCUT2D eigenvalue weighted by molar-refractivity contribution is 5.99. The second-order valence-corrected chi connectivity index (χ2v) is 6.30. The summed E-state index contributed by atoms with van der Waals surface area (Å²) in [7, 11) is 1.57. The van der Waals surface area contributed by atoms with Gasteiger partial charge in [0, 0.05) is 24.3 Å². The van der Waals surface area contributed by atoms with E-state index in [2.05, 4.69) is 5.32 Å². The summed E-state index contributed by atoms with van der Waals surface area (Å²) in [6, 6.07) is 13.5. The van der Waals surface area contributed by atoms with Crippen molar-refractivity contribution >= 4 is 29.2 Å². The third-order valence-corrected chi connectivity index (χ3v) is 4.37. The molecule has 0 radical (unpaired) electrons. The zero-order chi connectivity index (χ0) is 20.1. The van der Waals surface area contributed by atoms with E-state index in [0.717, 1.165) is 0 Å². The zero-order valence-electron chi connectivity index (χ0n) is 15.3. The number of carbonyl (C=O) groups is 3. The van der Waals surface area contributed by atoms with Gasteiger partial charge in [-0.1, -0.05) is 0 Å². The van der Waals surface area contributed by atoms with Crippen molar-refractivity contribution in [1.29, 1.82) is 0 Å². The summed E-state index contributed by atoms with van der Waals surface area (Å²) in [6.45, 7) is -0.0201. The molecule has 0 bridgehead atoms. The number of aliphatic carboxylic acids is 1. The van der Waals surface area contributed by atoms with Gasteiger partial charge in [-0.15, -0.1) is 0 Å². The Kier molecular flexibility index (Phi) is 5.78. The number of anilines is 2. The van der Waals surface area contributed by atoms with E-state index < -0.39 is 11.9 Å². The van der Waals surface area contributed by atoms with Crippen LogP contribution >= 0.6 is 0 Å². The van der Waals surface area contributed by atoms with Crippen molar-refractivity contribution in [3.05, 3.63) is 48.5 Å². The van der Waals surface area contributed by atoms with E-state index in [-0.39, 0.29) is 31.4 Å². The van der Waals surface area contributed by atoms with Crippen molar-refractivity contribution in [1.82, 2.24) is 0 Å². The molecule has 146 valence electrons. The van der Waals surface area contributed by atoms with Gasteiger partial charge in [0.1, 0.15) is 11.5 Å². The van der Waals surface area contributed by atoms with Crippen LogP contribution in [0.1, 0.15) is 6.42 Å². The number of hydrogen-bond donors (Lipinski definition) is 2. The van der Waals surface area contributed by atoms with E-state index in [1.807, 2.05) is 0 Å². The fourth-order valence-electron chi connectivity index (χ4n) is 2.87. The van der Waals surface area contributed by atoms with Gasteiger partial charge in [0.25, 0.3) is 5.91 Å². The largest absolute Gasteiger partial charge is 0.497 e. The Hall–Kier alpha value is -3.55. The Morgan fingerprint density at radius 2 is 1.75 bits per heavy atom. The van der Waals surface area contributed by atoms with E-state index in [0.29, 0.717) is 22.9 Å². The number of benzene rings is 2. The number of carbonyl (C=O) groups excluding carboxylic acids is 2. The molecule has 0 saturated carbocycles. The predicted octanol–water partition coefficient (Wildman–Crippen LogP) is 2.15. The molecule has 0 aromatic heterocycles. The lowest BCUT2D eigenvalue weighted by Crippen LogP contribution is -2.25. The molecular formula is C20H20N2O6. The summed E-state index contributed by atoms with van der Waals surface area (Å²) in [5.74, 6) is -1.03. The molecular weight excluding hydrogens is 364 g/mol. The Morgan fingerprint density at radius 1 is 1.11 bits per heavy atom. The molecule has 0 aliphatic carbocycles. The van der Waals surface area contributed by atoms with E-state index in [9.17, 15) is 14.4 Å². The van der Waals surface area contributed by atoms with Crippen molar-refractivity contribution in [3.8, 4) is 11.5 Å². The number of carboxylic acids is 1. The normalized spacial score (nSPS) is 16.0. The summed E-state index contributed by atoms with van der Waals surface area (Å²) >= 11 is 0. The molecule has 1 saturated heterocycles. The lowest BCUT2D eigenvalue weighted by Gasteiger charge is -2.16. The number of rotatable bonds is 7. The number of carboxylic acid groups (broad SMARTS) is 1. The molecule has 28 heavy (non-hydrogen) atoms. The van der Waals surface area contributed by atoms with Gasteiger partial charge in [-0.2, -0.15) is 0 Å². The van der Waals surface area contributed by atoms with Crippen molar-refractivity contribution in [2.24, 2.45) is 5.92 Å². The molecule has 0 spiro atoms. The number of nitrogens with zero attached hydrogens (tertiary/aromatic N) is 1. The summed E-state index contributed by atoms with van der Waals surface area (Å²) in [5, 5.41) is 11.8. The summed E-state index contributed by atoms with van der Waals surface area (Å²) < 4.78 is 10.5. The van der Waals surface area contributed by atoms with Gasteiger partial charge >= 0.3 is 5.97 Å². The van der Waals surface area contributed by atoms with Gasteiger partial charge in [-0.25, -0.2) is 0 Å². The molecule has 1 aliphatic rings. The minimum atomic E-state index is -0.973. The summed E-state index contributed by atoms with van der Waals surface area (Å²) in [4.78, 5) is 36.4. The average molecular weight is 384 g/mol. The summed E-state index contributed by atoms with van der Waals surface area (Å²) in [6.07, 6.45) is -0.000877. The first-order valence-electron chi connectivity index (χ1n) is 8.66. The van der Waals surface area contributed by atoms with Crippen molar-refractivity contribution < 1.29 is 29.0 Å². The van der Waals surface area contributed by atoms with Crippen LogP contribution in [0.15, 0.2) is 48.5 Å². The quantitative estimate of drug-likeness (QED) is 0.758.